The minimum Gasteiger partial charge on any atom is -0.478 e. The molecule has 1 unspecified atom stereocenters. The number of hydrogen-bond donors (Lipinski definition) is 3. The van der Waals surface area contributed by atoms with Crippen LogP contribution in [0.15, 0.2) is 53.5 Å². The van der Waals surface area contributed by atoms with Gasteiger partial charge in [-0.05, 0) is 67.6 Å². The Morgan fingerprint density at radius 1 is 0.914 bits per heavy atom. The van der Waals surface area contributed by atoms with Crippen LogP contribution < -0.4 is 36.0 Å². The predicted molar refractivity (Wildman–Crippen MR) is 216 cm³/mol. The summed E-state index contributed by atoms with van der Waals surface area (Å²) in [7, 11) is 3.15. The second-order valence-corrected chi connectivity index (χ2v) is 15.4. The van der Waals surface area contributed by atoms with Gasteiger partial charge in [-0.2, -0.15) is 4.98 Å². The number of aryl methyl sites for hydroxylation is 1. The number of amides is 5. The van der Waals surface area contributed by atoms with Crippen molar-refractivity contribution < 1.29 is 28.7 Å². The summed E-state index contributed by atoms with van der Waals surface area (Å²) < 4.78 is 6.97. The number of carbonyl (C=O) groups excluding carboxylic acids is 5. The molecule has 4 aliphatic heterocycles. The number of likely N-dealkylation sites (N-methyl/N-ethyl adjacent to an activating group) is 1. The van der Waals surface area contributed by atoms with Gasteiger partial charge in [0, 0.05) is 83.1 Å². The molecule has 5 amide bonds. The number of benzene rings is 2. The van der Waals surface area contributed by atoms with Gasteiger partial charge >= 0.3 is 0 Å². The molecule has 0 bridgehead atoms. The van der Waals surface area contributed by atoms with Gasteiger partial charge < -0.3 is 29.7 Å². The first-order valence-corrected chi connectivity index (χ1v) is 19.7. The highest BCUT2D eigenvalue weighted by molar-refractivity contribution is 6.33. The van der Waals surface area contributed by atoms with E-state index in [-0.39, 0.29) is 47.8 Å². The van der Waals surface area contributed by atoms with E-state index in [4.69, 9.17) is 21.3 Å². The van der Waals surface area contributed by atoms with Crippen LogP contribution in [-0.2, 0) is 21.4 Å². The van der Waals surface area contributed by atoms with Crippen molar-refractivity contribution in [2.45, 2.75) is 31.7 Å². The molecule has 6 heterocycles. The molecule has 0 radical (unpaired) electrons. The van der Waals surface area contributed by atoms with Crippen LogP contribution in [0.4, 0.5) is 23.1 Å². The predicted octanol–water partition coefficient (Wildman–Crippen LogP) is 2.29. The molecular formula is C40H43ClN10O7. The smallest absolute Gasteiger partial charge is 0.293 e. The van der Waals surface area contributed by atoms with E-state index >= 15 is 0 Å². The molecule has 1 atom stereocenters. The maximum atomic E-state index is 13.3. The van der Waals surface area contributed by atoms with Gasteiger partial charge in [-0.25, -0.2) is 4.98 Å². The van der Waals surface area contributed by atoms with Crippen molar-refractivity contribution in [3.8, 4) is 5.75 Å². The molecule has 3 N–H and O–H groups in total. The van der Waals surface area contributed by atoms with E-state index in [1.165, 1.54) is 11.6 Å². The van der Waals surface area contributed by atoms with E-state index in [1.807, 2.05) is 24.3 Å². The molecule has 0 spiro atoms. The Hall–Kier alpha value is -6.07. The second-order valence-electron chi connectivity index (χ2n) is 15.0. The fraction of sp³-hybridized carbons (Fsp3) is 0.400. The van der Waals surface area contributed by atoms with Gasteiger partial charge in [-0.1, -0.05) is 11.6 Å². The highest BCUT2D eigenvalue weighted by Crippen LogP contribution is 2.32. The van der Waals surface area contributed by atoms with Crippen molar-refractivity contribution in [3.05, 3.63) is 75.2 Å². The summed E-state index contributed by atoms with van der Waals surface area (Å²) in [4.78, 5) is 92.2. The van der Waals surface area contributed by atoms with Gasteiger partial charge in [-0.3, -0.25) is 43.9 Å². The van der Waals surface area contributed by atoms with Crippen LogP contribution in [0, 0.1) is 5.92 Å². The number of pyridine rings is 1. The molecule has 4 aliphatic rings. The zero-order chi connectivity index (χ0) is 40.7. The Balaban J connectivity index is 0.842. The van der Waals surface area contributed by atoms with Crippen LogP contribution in [0.5, 0.6) is 5.75 Å². The lowest BCUT2D eigenvalue weighted by atomic mass is 9.96. The first-order valence-electron chi connectivity index (χ1n) is 19.3. The fourth-order valence-electron chi connectivity index (χ4n) is 8.11. The van der Waals surface area contributed by atoms with Gasteiger partial charge in [0.2, 0.25) is 17.8 Å². The first kappa shape index (κ1) is 38.8. The summed E-state index contributed by atoms with van der Waals surface area (Å²) in [6, 6.07) is 11.4. The number of anilines is 4. The van der Waals surface area contributed by atoms with Crippen molar-refractivity contribution in [2.24, 2.45) is 13.0 Å². The summed E-state index contributed by atoms with van der Waals surface area (Å²) in [5.41, 5.74) is 2.48. The van der Waals surface area contributed by atoms with Crippen LogP contribution in [0.2, 0.25) is 5.02 Å². The average molecular weight is 811 g/mol. The molecule has 0 saturated carbocycles. The zero-order valence-electron chi connectivity index (χ0n) is 32.1. The number of carbonyl (C=O) groups is 5. The minimum atomic E-state index is -0.987. The lowest BCUT2D eigenvalue weighted by Crippen LogP contribution is -2.54. The Morgan fingerprint density at radius 3 is 2.41 bits per heavy atom. The average Bonchev–Trinajstić information content (AvgIpc) is 3.47. The number of nitrogens with one attached hydrogen (secondary N) is 3. The van der Waals surface area contributed by atoms with Gasteiger partial charge in [0.1, 0.15) is 11.1 Å². The summed E-state index contributed by atoms with van der Waals surface area (Å²) in [6.45, 7) is 5.56. The molecule has 4 aromatic rings. The second kappa shape index (κ2) is 16.1. The highest BCUT2D eigenvalue weighted by atomic mass is 35.5. The topological polar surface area (TPSA) is 191 Å². The van der Waals surface area contributed by atoms with Gasteiger partial charge in [0.25, 0.3) is 23.3 Å². The van der Waals surface area contributed by atoms with Crippen LogP contribution in [0.3, 0.4) is 0 Å². The zero-order valence-corrected chi connectivity index (χ0v) is 32.9. The van der Waals surface area contributed by atoms with Crippen LogP contribution in [0.25, 0.3) is 10.9 Å². The van der Waals surface area contributed by atoms with Crippen LogP contribution in [0.1, 0.15) is 46.4 Å². The molecule has 58 heavy (non-hydrogen) atoms. The van der Waals surface area contributed by atoms with Gasteiger partial charge in [-0.15, -0.1) is 0 Å². The quantitative estimate of drug-likeness (QED) is 0.198. The summed E-state index contributed by atoms with van der Waals surface area (Å²) >= 11 is 6.55. The maximum absolute atomic E-state index is 13.3. The SMILES string of the molecule is CNC(=O)COc1cc2cc(Nc3nc(N4CCC(CN5CCN(c6ccc7c(c6)C(=O)N(C6CCC(=O)NC6=O)C7=O)CC5)CC4)ncc3Cl)ccc2n(C)c1=O. The van der Waals surface area contributed by atoms with Crippen LogP contribution >= 0.6 is 11.6 Å². The third kappa shape index (κ3) is 7.66. The van der Waals surface area contributed by atoms with Gasteiger partial charge in [0.05, 0.1) is 22.8 Å². The van der Waals surface area contributed by atoms with Crippen molar-refractivity contribution in [1.82, 2.24) is 35.0 Å². The highest BCUT2D eigenvalue weighted by Gasteiger charge is 2.45. The molecule has 302 valence electrons. The number of nitrogens with zero attached hydrogens (tertiary/aromatic N) is 7. The third-order valence-electron chi connectivity index (χ3n) is 11.4. The Kier molecular flexibility index (Phi) is 10.7. The fourth-order valence-corrected chi connectivity index (χ4v) is 8.25. The number of ether oxygens (including phenoxy) is 1. The number of fused-ring (bicyclic) bond motifs is 2. The van der Waals surface area contributed by atoms with Crippen LogP contribution in [-0.4, -0.2) is 119 Å². The molecular weight excluding hydrogens is 768 g/mol. The number of piperidine rings is 2. The summed E-state index contributed by atoms with van der Waals surface area (Å²) in [5.74, 6) is -0.748. The molecule has 2 aromatic heterocycles. The van der Waals surface area contributed by atoms with E-state index in [9.17, 15) is 28.8 Å². The van der Waals surface area contributed by atoms with Crippen molar-refractivity contribution in [3.63, 3.8) is 0 Å². The van der Waals surface area contributed by atoms with Crippen molar-refractivity contribution in [2.75, 3.05) is 74.6 Å². The normalized spacial score (nSPS) is 19.1. The van der Waals surface area contributed by atoms with Crippen molar-refractivity contribution >= 4 is 75.2 Å². The largest absolute Gasteiger partial charge is 0.478 e. The number of rotatable bonds is 10. The maximum Gasteiger partial charge on any atom is 0.293 e. The molecule has 0 aliphatic carbocycles. The molecule has 3 fully saturated rings. The Labute approximate surface area is 338 Å². The van der Waals surface area contributed by atoms with E-state index in [1.54, 1.807) is 31.4 Å². The Bertz CT molecular complexity index is 2390. The van der Waals surface area contributed by atoms with E-state index < -0.39 is 29.7 Å². The standard InChI is InChI=1S/C40H43ClN10O7/c1-42-34(53)22-58-32-18-24-17-25(3-6-30(24)47(2)39(32)57)44-35-29(41)20-43-40(46-35)50-11-9-23(10-12-50)21-48-13-15-49(16-14-48)26-4-5-27-28(19-26)38(56)51(37(27)55)31-7-8-33(52)45-36(31)54/h3-6,17-20,23,31H,7-16,21-22H2,1-2H3,(H,42,53)(H,43,44,46)(H,45,52,54). The Morgan fingerprint density at radius 2 is 1.67 bits per heavy atom. The number of piperazine rings is 1. The van der Waals surface area contributed by atoms with Gasteiger partial charge in [0.15, 0.2) is 18.2 Å². The number of halogens is 1. The molecule has 17 nitrogen and oxygen atoms in total. The molecule has 18 heteroatoms. The minimum absolute atomic E-state index is 0.0694. The lowest BCUT2D eigenvalue weighted by Gasteiger charge is -2.39. The van der Waals surface area contributed by atoms with E-state index in [0.29, 0.717) is 33.9 Å². The number of hydrogen-bond acceptors (Lipinski definition) is 13. The molecule has 3 saturated heterocycles. The first-order chi connectivity index (χ1) is 28.0. The monoisotopic (exact) mass is 810 g/mol. The third-order valence-corrected chi connectivity index (χ3v) is 11.7. The molecule has 2 aromatic carbocycles. The van der Waals surface area contributed by atoms with E-state index in [0.717, 1.165) is 74.6 Å². The van der Waals surface area contributed by atoms with E-state index in [2.05, 4.69) is 35.6 Å². The molecule has 8 rings (SSSR count). The number of imide groups is 2. The summed E-state index contributed by atoms with van der Waals surface area (Å²) in [6.07, 6.45) is 3.76. The van der Waals surface area contributed by atoms with Crippen molar-refractivity contribution in [1.29, 1.82) is 0 Å². The lowest BCUT2D eigenvalue weighted by molar-refractivity contribution is -0.136. The number of aromatic nitrogens is 3. The summed E-state index contributed by atoms with van der Waals surface area (Å²) in [5, 5.41) is 9.10.